The molecular formula is C19H15F3N4O3S. The van der Waals surface area contributed by atoms with Crippen LogP contribution in [0.2, 0.25) is 0 Å². The number of urea groups is 1. The van der Waals surface area contributed by atoms with E-state index in [1.807, 2.05) is 6.07 Å². The predicted molar refractivity (Wildman–Crippen MR) is 102 cm³/mol. The lowest BCUT2D eigenvalue weighted by atomic mass is 9.92. The second-order valence-corrected chi connectivity index (χ2v) is 7.17. The van der Waals surface area contributed by atoms with Gasteiger partial charge in [-0.05, 0) is 26.0 Å². The van der Waals surface area contributed by atoms with Gasteiger partial charge in [0, 0.05) is 16.7 Å². The maximum atomic E-state index is 12.8. The molecule has 1 aromatic carbocycles. The fourth-order valence-electron chi connectivity index (χ4n) is 2.98. The average Bonchev–Trinajstić information content (AvgIpc) is 3.17. The summed E-state index contributed by atoms with van der Waals surface area (Å²) in [6.07, 6.45) is -5.40. The summed E-state index contributed by atoms with van der Waals surface area (Å²) in [5, 5.41) is 11.5. The number of halogens is 3. The molecule has 0 fully saturated rings. The Morgan fingerprint density at radius 1 is 1.33 bits per heavy atom. The van der Waals surface area contributed by atoms with Gasteiger partial charge in [0.2, 0.25) is 0 Å². The van der Waals surface area contributed by atoms with Gasteiger partial charge in [0.05, 0.1) is 23.9 Å². The Balaban J connectivity index is 2.00. The third-order valence-electron chi connectivity index (χ3n) is 4.41. The summed E-state index contributed by atoms with van der Waals surface area (Å²) in [5.74, 6) is -0.935. The Hall–Kier alpha value is -3.26. The van der Waals surface area contributed by atoms with Crippen molar-refractivity contribution in [1.82, 2.24) is 9.88 Å². The normalized spacial score (nSPS) is 19.3. The van der Waals surface area contributed by atoms with Gasteiger partial charge in [-0.15, -0.1) is 11.3 Å². The Labute approximate surface area is 173 Å². The minimum atomic E-state index is -4.45. The zero-order chi connectivity index (χ0) is 22.1. The molecule has 0 bridgehead atoms. The molecule has 11 heteroatoms. The molecule has 2 atom stereocenters. The molecule has 0 radical (unpaired) electrons. The SMILES string of the molecule is CCOC(=O)N1C(=O)N=C(C)C(C#N)C1c1csc(-c2ccc(C(F)(F)F)cc2)n1. The van der Waals surface area contributed by atoms with Crippen molar-refractivity contribution < 1.29 is 27.5 Å². The van der Waals surface area contributed by atoms with Crippen molar-refractivity contribution in [2.45, 2.75) is 26.1 Å². The topological polar surface area (TPSA) is 95.6 Å². The Kier molecular flexibility index (Phi) is 5.89. The summed E-state index contributed by atoms with van der Waals surface area (Å²) in [7, 11) is 0. The zero-order valence-corrected chi connectivity index (χ0v) is 16.6. The molecule has 30 heavy (non-hydrogen) atoms. The van der Waals surface area contributed by atoms with E-state index in [2.05, 4.69) is 9.98 Å². The highest BCUT2D eigenvalue weighted by molar-refractivity contribution is 7.13. The summed E-state index contributed by atoms with van der Waals surface area (Å²) in [6, 6.07) is 4.57. The van der Waals surface area contributed by atoms with E-state index >= 15 is 0 Å². The van der Waals surface area contributed by atoms with Gasteiger partial charge in [-0.3, -0.25) is 0 Å². The first-order chi connectivity index (χ1) is 14.2. The Bertz CT molecular complexity index is 1040. The van der Waals surface area contributed by atoms with Gasteiger partial charge in [0.1, 0.15) is 17.0 Å². The molecule has 0 spiro atoms. The first-order valence-electron chi connectivity index (χ1n) is 8.75. The summed E-state index contributed by atoms with van der Waals surface area (Å²) in [6.45, 7) is 3.09. The summed E-state index contributed by atoms with van der Waals surface area (Å²) in [5.41, 5.74) is 0.128. The summed E-state index contributed by atoms with van der Waals surface area (Å²) < 4.78 is 43.2. The number of imide groups is 1. The quantitative estimate of drug-likeness (QED) is 0.670. The highest BCUT2D eigenvalue weighted by Gasteiger charge is 2.44. The second-order valence-electron chi connectivity index (χ2n) is 6.31. The first kappa shape index (κ1) is 21.4. The molecule has 1 aromatic heterocycles. The molecule has 156 valence electrons. The number of carbonyl (C=O) groups is 2. The number of aromatic nitrogens is 1. The maximum absolute atomic E-state index is 12.8. The van der Waals surface area contributed by atoms with Crippen LogP contribution in [-0.4, -0.2) is 34.3 Å². The number of carbonyl (C=O) groups excluding carboxylic acids is 2. The van der Waals surface area contributed by atoms with Crippen molar-refractivity contribution in [3.8, 4) is 16.6 Å². The van der Waals surface area contributed by atoms with Crippen LogP contribution in [0.4, 0.5) is 22.8 Å². The predicted octanol–water partition coefficient (Wildman–Crippen LogP) is 5.06. The second kappa shape index (κ2) is 8.23. The third-order valence-corrected chi connectivity index (χ3v) is 5.32. The van der Waals surface area contributed by atoms with Crippen LogP contribution < -0.4 is 0 Å². The van der Waals surface area contributed by atoms with Gasteiger partial charge in [-0.1, -0.05) is 12.1 Å². The van der Waals surface area contributed by atoms with Crippen molar-refractivity contribution in [3.05, 3.63) is 40.9 Å². The van der Waals surface area contributed by atoms with Crippen LogP contribution in [0.15, 0.2) is 34.6 Å². The van der Waals surface area contributed by atoms with Crippen LogP contribution in [0.3, 0.4) is 0 Å². The summed E-state index contributed by atoms with van der Waals surface area (Å²) in [4.78, 5) is 33.6. The van der Waals surface area contributed by atoms with Crippen LogP contribution in [0.1, 0.15) is 31.1 Å². The van der Waals surface area contributed by atoms with Crippen LogP contribution in [0.5, 0.6) is 0 Å². The lowest BCUT2D eigenvalue weighted by Crippen LogP contribution is -2.47. The van der Waals surface area contributed by atoms with Gasteiger partial charge in [-0.25, -0.2) is 24.5 Å². The lowest BCUT2D eigenvalue weighted by molar-refractivity contribution is -0.137. The zero-order valence-electron chi connectivity index (χ0n) is 15.8. The van der Waals surface area contributed by atoms with Crippen molar-refractivity contribution in [3.63, 3.8) is 0 Å². The van der Waals surface area contributed by atoms with Crippen LogP contribution in [0.25, 0.3) is 10.6 Å². The minimum Gasteiger partial charge on any atom is -0.449 e. The molecule has 3 amide bonds. The van der Waals surface area contributed by atoms with Crippen molar-refractivity contribution >= 4 is 29.2 Å². The number of amides is 3. The van der Waals surface area contributed by atoms with E-state index in [-0.39, 0.29) is 18.0 Å². The number of thiazole rings is 1. The largest absolute Gasteiger partial charge is 0.449 e. The number of benzene rings is 1. The number of alkyl halides is 3. The van der Waals surface area contributed by atoms with Gasteiger partial charge in [0.15, 0.2) is 0 Å². The van der Waals surface area contributed by atoms with Gasteiger partial charge < -0.3 is 4.74 Å². The van der Waals surface area contributed by atoms with Crippen LogP contribution in [-0.2, 0) is 10.9 Å². The van der Waals surface area contributed by atoms with Crippen LogP contribution >= 0.6 is 11.3 Å². The van der Waals surface area contributed by atoms with E-state index in [1.165, 1.54) is 19.1 Å². The molecule has 2 unspecified atom stereocenters. The smallest absolute Gasteiger partial charge is 0.418 e. The monoisotopic (exact) mass is 436 g/mol. The van der Waals surface area contributed by atoms with Crippen molar-refractivity contribution in [2.75, 3.05) is 6.61 Å². The van der Waals surface area contributed by atoms with Gasteiger partial charge >= 0.3 is 18.3 Å². The molecule has 2 aromatic rings. The minimum absolute atomic E-state index is 0.0170. The van der Waals surface area contributed by atoms with Crippen molar-refractivity contribution in [1.29, 1.82) is 5.26 Å². The molecule has 0 saturated carbocycles. The Morgan fingerprint density at radius 3 is 2.57 bits per heavy atom. The number of aliphatic imine (C=N–C) groups is 1. The molecular weight excluding hydrogens is 421 g/mol. The van der Waals surface area contributed by atoms with E-state index in [4.69, 9.17) is 4.74 Å². The van der Waals surface area contributed by atoms with E-state index in [9.17, 15) is 28.0 Å². The lowest BCUT2D eigenvalue weighted by Gasteiger charge is -2.33. The number of nitrogens with zero attached hydrogens (tertiary/aromatic N) is 4. The van der Waals surface area contributed by atoms with E-state index in [0.717, 1.165) is 28.4 Å². The highest BCUT2D eigenvalue weighted by Crippen LogP contribution is 2.37. The van der Waals surface area contributed by atoms with E-state index < -0.39 is 35.8 Å². The third kappa shape index (κ3) is 4.04. The fourth-order valence-corrected chi connectivity index (χ4v) is 3.83. The molecule has 0 saturated heterocycles. The standard InChI is InChI=1S/C19H15F3N4O3S/c1-3-29-18(28)26-15(13(8-23)10(2)24-17(26)27)14-9-30-16(25-14)11-4-6-12(7-5-11)19(20,21)22/h4-7,9,13,15H,3H2,1-2H3. The average molecular weight is 436 g/mol. The fraction of sp³-hybridized carbons (Fsp3) is 0.316. The maximum Gasteiger partial charge on any atom is 0.418 e. The number of hydrogen-bond donors (Lipinski definition) is 0. The highest BCUT2D eigenvalue weighted by atomic mass is 32.1. The number of rotatable bonds is 3. The molecule has 0 aliphatic carbocycles. The molecule has 3 rings (SSSR count). The molecule has 0 N–H and O–H groups in total. The van der Waals surface area contributed by atoms with Gasteiger partial charge in [-0.2, -0.15) is 18.4 Å². The van der Waals surface area contributed by atoms with Gasteiger partial charge in [0.25, 0.3) is 0 Å². The molecule has 2 heterocycles. The number of ether oxygens (including phenoxy) is 1. The van der Waals surface area contributed by atoms with E-state index in [1.54, 1.807) is 12.3 Å². The van der Waals surface area contributed by atoms with E-state index in [0.29, 0.717) is 10.6 Å². The number of nitriles is 1. The van der Waals surface area contributed by atoms with Crippen molar-refractivity contribution in [2.24, 2.45) is 10.9 Å². The Morgan fingerprint density at radius 2 is 2.00 bits per heavy atom. The molecule has 1 aliphatic rings. The summed E-state index contributed by atoms with van der Waals surface area (Å²) >= 11 is 1.12. The van der Waals surface area contributed by atoms with Crippen LogP contribution in [0, 0.1) is 17.2 Å². The molecule has 7 nitrogen and oxygen atoms in total. The first-order valence-corrected chi connectivity index (χ1v) is 9.63. The number of hydrogen-bond acceptors (Lipinski definition) is 6. The molecule has 1 aliphatic heterocycles.